The van der Waals surface area contributed by atoms with Gasteiger partial charge in [0.1, 0.15) is 5.75 Å². The average Bonchev–Trinajstić information content (AvgIpc) is 2.77. The highest BCUT2D eigenvalue weighted by Gasteiger charge is 2.43. The molecule has 0 saturated carbocycles. The van der Waals surface area contributed by atoms with Crippen LogP contribution in [-0.4, -0.2) is 53.4 Å². The fourth-order valence-electron chi connectivity index (χ4n) is 3.12. The van der Waals surface area contributed by atoms with E-state index in [-0.39, 0.29) is 25.1 Å². The Hall–Kier alpha value is -2.69. The fraction of sp³-hybridized carbons (Fsp3) is 0.455. The van der Waals surface area contributed by atoms with Gasteiger partial charge in [-0.05, 0) is 61.9 Å². The second-order valence-electron chi connectivity index (χ2n) is 7.80. The summed E-state index contributed by atoms with van der Waals surface area (Å²) in [6, 6.07) is 10.5. The summed E-state index contributed by atoms with van der Waals surface area (Å²) < 4.78 is 29.2. The van der Waals surface area contributed by atoms with E-state index >= 15 is 0 Å². The van der Waals surface area contributed by atoms with Crippen LogP contribution >= 0.6 is 0 Å². The normalized spacial score (nSPS) is 13.4. The number of rotatable bonds is 12. The highest BCUT2D eigenvalue weighted by atomic mass is 32.2. The van der Waals surface area contributed by atoms with E-state index in [0.717, 1.165) is 31.1 Å². The van der Waals surface area contributed by atoms with Crippen molar-refractivity contribution in [2.75, 3.05) is 19.5 Å². The monoisotopic (exact) mass is 466 g/mol. The molecule has 32 heavy (non-hydrogen) atoms. The van der Waals surface area contributed by atoms with Crippen molar-refractivity contribution in [2.45, 2.75) is 43.9 Å². The maximum absolute atomic E-state index is 12.5. The van der Waals surface area contributed by atoms with E-state index in [9.17, 15) is 18.0 Å². The first-order valence-corrected chi connectivity index (χ1v) is 12.2. The molecule has 0 fully saturated rings. The number of nitrogens with one attached hydrogen (secondary N) is 1. The number of sulfone groups is 1. The van der Waals surface area contributed by atoms with E-state index in [4.69, 9.17) is 15.1 Å². The third kappa shape index (κ3) is 6.41. The number of pyridine rings is 1. The van der Waals surface area contributed by atoms with Crippen LogP contribution in [0.25, 0.3) is 11.1 Å². The van der Waals surface area contributed by atoms with E-state index in [0.29, 0.717) is 17.9 Å². The Bertz CT molecular complexity index is 1060. The van der Waals surface area contributed by atoms with E-state index in [2.05, 4.69) is 0 Å². The van der Waals surface area contributed by atoms with Crippen molar-refractivity contribution in [3.05, 3.63) is 52.9 Å². The number of carbonyl (C=O) groups excluding carboxylic acids is 1. The summed E-state index contributed by atoms with van der Waals surface area (Å²) in [5, 5.41) is 17.7. The molecule has 0 radical (unpaired) electrons. The Labute approximate surface area is 187 Å². The van der Waals surface area contributed by atoms with Crippen molar-refractivity contribution in [1.29, 1.82) is 0 Å². The Balaban J connectivity index is 2.07. The van der Waals surface area contributed by atoms with E-state index in [1.54, 1.807) is 12.3 Å². The molecule has 1 aromatic heterocycles. The summed E-state index contributed by atoms with van der Waals surface area (Å²) in [5.41, 5.74) is 2.57. The van der Waals surface area contributed by atoms with Gasteiger partial charge >= 0.3 is 0 Å². The predicted molar refractivity (Wildman–Crippen MR) is 120 cm³/mol. The third-order valence-corrected chi connectivity index (χ3v) is 7.51. The molecule has 2 aromatic rings. The lowest BCUT2D eigenvalue weighted by Crippen LogP contribution is -2.49. The summed E-state index contributed by atoms with van der Waals surface area (Å²) in [4.78, 5) is 24.5. The number of nitrogens with zero attached hydrogens (tertiary/aromatic N) is 1. The summed E-state index contributed by atoms with van der Waals surface area (Å²) >= 11 is 0. The van der Waals surface area contributed by atoms with Gasteiger partial charge in [0.2, 0.25) is 0 Å². The second kappa shape index (κ2) is 11.3. The van der Waals surface area contributed by atoms with Crippen molar-refractivity contribution in [3.8, 4) is 16.9 Å². The molecule has 0 saturated heterocycles. The molecule has 10 heteroatoms. The van der Waals surface area contributed by atoms with Gasteiger partial charge in [-0.1, -0.05) is 12.1 Å². The van der Waals surface area contributed by atoms with Crippen molar-refractivity contribution < 1.29 is 28.3 Å². The molecule has 3 N–H and O–H groups in total. The molecule has 0 aliphatic carbocycles. The number of hydrogen-bond acceptors (Lipinski definition) is 7. The van der Waals surface area contributed by atoms with Crippen LogP contribution in [0.2, 0.25) is 0 Å². The molecule has 1 aromatic carbocycles. The van der Waals surface area contributed by atoms with Gasteiger partial charge in [-0.15, -0.1) is 0 Å². The number of hydrogen-bond donors (Lipinski definition) is 3. The lowest BCUT2D eigenvalue weighted by atomic mass is 10.1. The minimum absolute atomic E-state index is 0.0147. The van der Waals surface area contributed by atoms with Gasteiger partial charge in [0.05, 0.1) is 6.61 Å². The molecule has 0 spiro atoms. The minimum atomic E-state index is -3.84. The maximum atomic E-state index is 12.5. The van der Waals surface area contributed by atoms with Crippen LogP contribution < -0.4 is 15.8 Å². The first-order valence-electron chi connectivity index (χ1n) is 10.3. The van der Waals surface area contributed by atoms with Crippen LogP contribution in [0.1, 0.15) is 32.6 Å². The lowest BCUT2D eigenvalue weighted by molar-refractivity contribution is -0.131. The summed E-state index contributed by atoms with van der Waals surface area (Å²) in [5.74, 6) is -0.325. The third-order valence-electron chi connectivity index (χ3n) is 5.48. The molecular weight excluding hydrogens is 436 g/mol. The largest absolute Gasteiger partial charge is 0.494 e. The van der Waals surface area contributed by atoms with Crippen LogP contribution in [0, 0.1) is 0 Å². The maximum Gasteiger partial charge on any atom is 0.264 e. The number of aliphatic hydroxyl groups is 1. The summed E-state index contributed by atoms with van der Waals surface area (Å²) in [7, 11) is -3.84. The van der Waals surface area contributed by atoms with Gasteiger partial charge in [0.25, 0.3) is 11.5 Å². The zero-order valence-electron chi connectivity index (χ0n) is 18.3. The molecule has 0 aliphatic rings. The lowest BCUT2D eigenvalue weighted by Gasteiger charge is -2.25. The second-order valence-corrected chi connectivity index (χ2v) is 10.2. The van der Waals surface area contributed by atoms with Crippen molar-refractivity contribution in [2.24, 2.45) is 0 Å². The number of aliphatic hydroxyl groups excluding tert-OH is 1. The molecule has 176 valence electrons. The first-order chi connectivity index (χ1) is 15.1. The Morgan fingerprint density at radius 3 is 2.38 bits per heavy atom. The molecule has 2 rings (SSSR count). The molecule has 0 aliphatic heterocycles. The number of carbonyl (C=O) groups is 1. The zero-order valence-corrected chi connectivity index (χ0v) is 19.1. The van der Waals surface area contributed by atoms with Gasteiger partial charge in [0.15, 0.2) is 14.6 Å². The van der Waals surface area contributed by atoms with Crippen LogP contribution in [0.4, 0.5) is 0 Å². The molecular formula is C22H30N2O7S. The Morgan fingerprint density at radius 2 is 1.81 bits per heavy atom. The van der Waals surface area contributed by atoms with E-state index in [1.807, 2.05) is 24.3 Å². The van der Waals surface area contributed by atoms with Crippen molar-refractivity contribution in [3.63, 3.8) is 0 Å². The van der Waals surface area contributed by atoms with E-state index < -0.39 is 20.5 Å². The number of hydroxylamine groups is 1. The summed E-state index contributed by atoms with van der Waals surface area (Å²) in [6.45, 7) is 1.95. The average molecular weight is 467 g/mol. The molecule has 9 nitrogen and oxygen atoms in total. The topological polar surface area (TPSA) is 135 Å². The van der Waals surface area contributed by atoms with Gasteiger partial charge in [-0.2, -0.15) is 0 Å². The number of amides is 1. The SMILES string of the molecule is C[C@@](CCn1ccc(-c2ccc(OCCCCCO)cc2)cc1=O)(C(=O)NO)S(C)(=O)=O. The molecule has 1 heterocycles. The standard InChI is InChI=1S/C22H30N2O7S/c1-22(21(27)23-28,32(2,29)30)11-13-24-12-10-18(16-20(24)26)17-6-8-19(9-7-17)31-15-5-3-4-14-25/h6-10,12,16,25,28H,3-5,11,13-15H2,1-2H3,(H,23,27)/t22-/m1/s1. The summed E-state index contributed by atoms with van der Waals surface area (Å²) in [6.07, 6.45) is 4.80. The Kier molecular flexibility index (Phi) is 8.99. The molecule has 1 atom stereocenters. The zero-order chi connectivity index (χ0) is 23.8. The van der Waals surface area contributed by atoms with Gasteiger partial charge in [-0.3, -0.25) is 14.8 Å². The van der Waals surface area contributed by atoms with Gasteiger partial charge in [-0.25, -0.2) is 13.9 Å². The fourth-order valence-corrected chi connectivity index (χ4v) is 3.96. The van der Waals surface area contributed by atoms with Crippen LogP contribution in [0.5, 0.6) is 5.75 Å². The van der Waals surface area contributed by atoms with Gasteiger partial charge in [0, 0.05) is 31.7 Å². The van der Waals surface area contributed by atoms with Crippen molar-refractivity contribution in [1.82, 2.24) is 10.0 Å². The minimum Gasteiger partial charge on any atom is -0.494 e. The highest BCUT2D eigenvalue weighted by molar-refractivity contribution is 7.92. The van der Waals surface area contributed by atoms with Crippen LogP contribution in [-0.2, 0) is 21.2 Å². The molecule has 0 bridgehead atoms. The highest BCUT2D eigenvalue weighted by Crippen LogP contribution is 2.23. The predicted octanol–water partition coefficient (Wildman–Crippen LogP) is 1.76. The Morgan fingerprint density at radius 1 is 1.12 bits per heavy atom. The number of aryl methyl sites for hydroxylation is 1. The quantitative estimate of drug-likeness (QED) is 0.246. The van der Waals surface area contributed by atoms with Crippen LogP contribution in [0.3, 0.4) is 0 Å². The van der Waals surface area contributed by atoms with Crippen molar-refractivity contribution >= 4 is 15.7 Å². The number of unbranched alkanes of at least 4 members (excludes halogenated alkanes) is 2. The number of aromatic nitrogens is 1. The van der Waals surface area contributed by atoms with Gasteiger partial charge < -0.3 is 14.4 Å². The number of benzene rings is 1. The molecule has 1 amide bonds. The smallest absolute Gasteiger partial charge is 0.264 e. The van der Waals surface area contributed by atoms with Crippen LogP contribution in [0.15, 0.2) is 47.4 Å². The number of ether oxygens (including phenoxy) is 1. The van der Waals surface area contributed by atoms with E-state index in [1.165, 1.54) is 23.0 Å². The first kappa shape index (κ1) is 25.6. The molecule has 0 unspecified atom stereocenters.